The minimum absolute atomic E-state index is 0.272. The lowest BCUT2D eigenvalue weighted by atomic mass is 10.2. The lowest BCUT2D eigenvalue weighted by Crippen LogP contribution is -2.08. The van der Waals surface area contributed by atoms with E-state index >= 15 is 0 Å². The van der Waals surface area contributed by atoms with E-state index in [0.29, 0.717) is 21.2 Å². The minimum atomic E-state index is -0.272. The molecule has 0 aliphatic rings. The monoisotopic (exact) mass is 349 g/mol. The number of nitrogens with one attached hydrogen (secondary N) is 1. The number of aromatic nitrogens is 2. The molecule has 0 unspecified atom stereocenters. The highest BCUT2D eigenvalue weighted by Crippen LogP contribution is 2.23. The highest BCUT2D eigenvalue weighted by molar-refractivity contribution is 7.00. The third-order valence-electron chi connectivity index (χ3n) is 2.92. The van der Waals surface area contributed by atoms with Crippen LogP contribution in [0, 0.1) is 0 Å². The first-order valence-corrected chi connectivity index (χ1v) is 7.77. The average molecular weight is 350 g/mol. The summed E-state index contributed by atoms with van der Waals surface area (Å²) in [4.78, 5) is 12.0. The molecule has 0 saturated heterocycles. The topological polar surface area (TPSA) is 54.9 Å². The number of halogens is 2. The van der Waals surface area contributed by atoms with Crippen molar-refractivity contribution in [3.63, 3.8) is 0 Å². The van der Waals surface area contributed by atoms with Crippen molar-refractivity contribution in [2.45, 2.75) is 0 Å². The Bertz CT molecular complexity index is 876. The maximum Gasteiger partial charge on any atom is 0.248 e. The Hall–Kier alpha value is -1.95. The van der Waals surface area contributed by atoms with Crippen molar-refractivity contribution < 1.29 is 4.79 Å². The maximum atomic E-state index is 12.0. The summed E-state index contributed by atoms with van der Waals surface area (Å²) in [6.45, 7) is 0. The summed E-state index contributed by atoms with van der Waals surface area (Å²) in [6, 6.07) is 10.5. The first kappa shape index (κ1) is 15.0. The average Bonchev–Trinajstić information content (AvgIpc) is 2.96. The van der Waals surface area contributed by atoms with E-state index in [0.717, 1.165) is 22.8 Å². The molecule has 2 aromatic carbocycles. The van der Waals surface area contributed by atoms with Gasteiger partial charge in [0.2, 0.25) is 5.91 Å². The Labute approximate surface area is 140 Å². The summed E-state index contributed by atoms with van der Waals surface area (Å²) in [7, 11) is 0. The Morgan fingerprint density at radius 2 is 2.05 bits per heavy atom. The number of hydrogen-bond donors (Lipinski definition) is 1. The van der Waals surface area contributed by atoms with Gasteiger partial charge in [0.1, 0.15) is 11.0 Å². The van der Waals surface area contributed by atoms with Gasteiger partial charge >= 0.3 is 0 Å². The van der Waals surface area contributed by atoms with Gasteiger partial charge in [-0.1, -0.05) is 35.3 Å². The van der Waals surface area contributed by atoms with Crippen LogP contribution in [0.15, 0.2) is 42.5 Å². The zero-order chi connectivity index (χ0) is 15.5. The van der Waals surface area contributed by atoms with Gasteiger partial charge in [-0.25, -0.2) is 0 Å². The Morgan fingerprint density at radius 3 is 2.86 bits per heavy atom. The highest BCUT2D eigenvalue weighted by Gasteiger charge is 2.06. The number of fused-ring (bicyclic) bond motifs is 1. The Kier molecular flexibility index (Phi) is 4.38. The van der Waals surface area contributed by atoms with Crippen molar-refractivity contribution in [1.82, 2.24) is 8.75 Å². The number of rotatable bonds is 3. The molecule has 1 heterocycles. The summed E-state index contributed by atoms with van der Waals surface area (Å²) < 4.78 is 8.30. The molecule has 0 radical (unpaired) electrons. The zero-order valence-corrected chi connectivity index (χ0v) is 13.4. The van der Waals surface area contributed by atoms with Crippen LogP contribution < -0.4 is 5.32 Å². The number of benzene rings is 2. The van der Waals surface area contributed by atoms with E-state index in [1.54, 1.807) is 30.3 Å². The zero-order valence-electron chi connectivity index (χ0n) is 11.1. The van der Waals surface area contributed by atoms with E-state index in [9.17, 15) is 4.79 Å². The SMILES string of the molecule is O=C(/C=C\c1ccc(Cl)cc1Cl)Nc1cccc2nsnc12. The maximum absolute atomic E-state index is 12.0. The van der Waals surface area contributed by atoms with E-state index in [1.807, 2.05) is 12.1 Å². The van der Waals surface area contributed by atoms with Gasteiger partial charge < -0.3 is 5.32 Å². The third-order valence-corrected chi connectivity index (χ3v) is 4.03. The van der Waals surface area contributed by atoms with E-state index in [1.165, 1.54) is 6.08 Å². The van der Waals surface area contributed by atoms with Crippen LogP contribution in [0.5, 0.6) is 0 Å². The third kappa shape index (κ3) is 3.27. The van der Waals surface area contributed by atoms with Crippen molar-refractivity contribution in [2.75, 3.05) is 5.32 Å². The molecule has 4 nitrogen and oxygen atoms in total. The van der Waals surface area contributed by atoms with Gasteiger partial charge in [-0.2, -0.15) is 8.75 Å². The summed E-state index contributed by atoms with van der Waals surface area (Å²) in [5.74, 6) is -0.272. The summed E-state index contributed by atoms with van der Waals surface area (Å²) >= 11 is 13.0. The summed E-state index contributed by atoms with van der Waals surface area (Å²) in [5.41, 5.74) is 2.78. The predicted molar refractivity (Wildman–Crippen MR) is 91.5 cm³/mol. The molecule has 3 aromatic rings. The van der Waals surface area contributed by atoms with E-state index < -0.39 is 0 Å². The van der Waals surface area contributed by atoms with E-state index in [2.05, 4.69) is 14.1 Å². The molecule has 1 aromatic heterocycles. The van der Waals surface area contributed by atoms with E-state index in [-0.39, 0.29) is 5.91 Å². The number of nitrogens with zero attached hydrogens (tertiary/aromatic N) is 2. The highest BCUT2D eigenvalue weighted by atomic mass is 35.5. The standard InChI is InChI=1S/C15H9Cl2N3OS/c16-10-6-4-9(11(17)8-10)5-7-14(21)18-12-2-1-3-13-15(12)20-22-19-13/h1-8H,(H,18,21)/b7-5-. The number of hydrogen-bond acceptors (Lipinski definition) is 4. The van der Waals surface area contributed by atoms with Gasteiger partial charge in [0.05, 0.1) is 17.4 Å². The van der Waals surface area contributed by atoms with Crippen molar-refractivity contribution in [2.24, 2.45) is 0 Å². The molecule has 0 atom stereocenters. The minimum Gasteiger partial charge on any atom is -0.321 e. The number of carbonyl (C=O) groups is 1. The molecule has 0 aliphatic carbocycles. The van der Waals surface area contributed by atoms with Crippen LogP contribution in [0.3, 0.4) is 0 Å². The van der Waals surface area contributed by atoms with Crippen LogP contribution in [0.4, 0.5) is 5.69 Å². The molecule has 7 heteroatoms. The lowest BCUT2D eigenvalue weighted by Gasteiger charge is -2.02. The van der Waals surface area contributed by atoms with Crippen molar-refractivity contribution in [3.05, 3.63) is 58.1 Å². The van der Waals surface area contributed by atoms with Gasteiger partial charge in [-0.05, 0) is 35.9 Å². The van der Waals surface area contributed by atoms with Crippen molar-refractivity contribution in [3.8, 4) is 0 Å². The van der Waals surface area contributed by atoms with Gasteiger partial charge in [0.25, 0.3) is 0 Å². The van der Waals surface area contributed by atoms with Gasteiger partial charge in [-0.3, -0.25) is 4.79 Å². The van der Waals surface area contributed by atoms with Crippen LogP contribution in [0.25, 0.3) is 17.1 Å². The molecular formula is C15H9Cl2N3OS. The Balaban J connectivity index is 1.77. The Morgan fingerprint density at radius 1 is 1.18 bits per heavy atom. The molecule has 0 saturated carbocycles. The number of carbonyl (C=O) groups excluding carboxylic acids is 1. The van der Waals surface area contributed by atoms with Crippen molar-refractivity contribution in [1.29, 1.82) is 0 Å². The quantitative estimate of drug-likeness (QED) is 0.700. The lowest BCUT2D eigenvalue weighted by molar-refractivity contribution is -0.111. The predicted octanol–water partition coefficient (Wildman–Crippen LogP) is 4.65. The summed E-state index contributed by atoms with van der Waals surface area (Å²) in [5, 5.41) is 3.82. The normalized spacial score (nSPS) is 11.2. The molecule has 0 spiro atoms. The fraction of sp³-hybridized carbons (Fsp3) is 0. The van der Waals surface area contributed by atoms with Crippen LogP contribution in [-0.2, 0) is 4.79 Å². The molecule has 3 rings (SSSR count). The molecular weight excluding hydrogens is 341 g/mol. The molecule has 1 N–H and O–H groups in total. The smallest absolute Gasteiger partial charge is 0.248 e. The van der Waals surface area contributed by atoms with Crippen LogP contribution >= 0.6 is 34.9 Å². The van der Waals surface area contributed by atoms with Gasteiger partial charge in [0, 0.05) is 16.1 Å². The fourth-order valence-electron chi connectivity index (χ4n) is 1.88. The molecule has 0 fully saturated rings. The molecule has 0 bridgehead atoms. The fourth-order valence-corrected chi connectivity index (χ4v) is 2.90. The van der Waals surface area contributed by atoms with Crippen molar-refractivity contribution >= 4 is 63.6 Å². The second-order valence-corrected chi connectivity index (χ2v) is 5.80. The molecule has 0 aliphatic heterocycles. The first-order valence-electron chi connectivity index (χ1n) is 6.29. The van der Waals surface area contributed by atoms with Crippen LogP contribution in [-0.4, -0.2) is 14.7 Å². The molecule has 110 valence electrons. The van der Waals surface area contributed by atoms with Crippen LogP contribution in [0.1, 0.15) is 5.56 Å². The second kappa shape index (κ2) is 6.44. The largest absolute Gasteiger partial charge is 0.321 e. The molecule has 1 amide bonds. The van der Waals surface area contributed by atoms with Gasteiger partial charge in [-0.15, -0.1) is 0 Å². The van der Waals surface area contributed by atoms with E-state index in [4.69, 9.17) is 23.2 Å². The number of anilines is 1. The first-order chi connectivity index (χ1) is 10.6. The van der Waals surface area contributed by atoms with Gasteiger partial charge in [0.15, 0.2) is 0 Å². The number of amides is 1. The molecule has 22 heavy (non-hydrogen) atoms. The van der Waals surface area contributed by atoms with Crippen LogP contribution in [0.2, 0.25) is 10.0 Å². The second-order valence-electron chi connectivity index (χ2n) is 4.43. The summed E-state index contributed by atoms with van der Waals surface area (Å²) in [6.07, 6.45) is 3.04.